The summed E-state index contributed by atoms with van der Waals surface area (Å²) in [6.07, 6.45) is 3.16. The molecule has 0 bridgehead atoms. The van der Waals surface area contributed by atoms with Crippen LogP contribution >= 0.6 is 22.9 Å². The fourth-order valence-corrected chi connectivity index (χ4v) is 3.89. The summed E-state index contributed by atoms with van der Waals surface area (Å²) in [5, 5.41) is 15.6. The molecule has 0 unspecified atom stereocenters. The maximum atomic E-state index is 11.1. The van der Waals surface area contributed by atoms with Crippen molar-refractivity contribution in [2.24, 2.45) is 5.41 Å². The number of halogens is 1. The second-order valence-electron chi connectivity index (χ2n) is 7.52. The number of anilines is 2. The average molecular weight is 477 g/mol. The number of nitrogens with zero attached hydrogens (tertiary/aromatic N) is 3. The van der Waals surface area contributed by atoms with Gasteiger partial charge in [0.1, 0.15) is 6.61 Å². The van der Waals surface area contributed by atoms with Crippen LogP contribution in [0.5, 0.6) is 6.01 Å². The summed E-state index contributed by atoms with van der Waals surface area (Å²) < 4.78 is 6.48. The third-order valence-electron chi connectivity index (χ3n) is 4.57. The molecule has 0 saturated heterocycles. The van der Waals surface area contributed by atoms with E-state index in [0.29, 0.717) is 10.6 Å². The van der Waals surface area contributed by atoms with E-state index in [0.717, 1.165) is 26.6 Å². The van der Waals surface area contributed by atoms with Crippen LogP contribution in [-0.2, 0) is 4.79 Å². The van der Waals surface area contributed by atoms with E-state index in [-0.39, 0.29) is 42.2 Å². The molecule has 0 fully saturated rings. The van der Waals surface area contributed by atoms with E-state index in [1.807, 2.05) is 42.5 Å². The maximum Gasteiger partial charge on any atom is 1.00 e. The normalized spacial score (nSPS) is 11.1. The molecule has 0 aliphatic heterocycles. The molecule has 1 N–H and O–H groups in total. The summed E-state index contributed by atoms with van der Waals surface area (Å²) in [6.45, 7) is 2.93. The molecule has 0 amide bonds. The number of carboxylic acids is 1. The zero-order valence-electron chi connectivity index (χ0n) is 17.8. The van der Waals surface area contributed by atoms with Gasteiger partial charge in [-0.3, -0.25) is 0 Å². The van der Waals surface area contributed by atoms with Gasteiger partial charge in [0.05, 0.1) is 21.2 Å². The number of aliphatic carboxylic acids is 1. The van der Waals surface area contributed by atoms with Crippen molar-refractivity contribution >= 4 is 49.9 Å². The Bertz CT molecular complexity index is 1210. The molecule has 0 aliphatic carbocycles. The van der Waals surface area contributed by atoms with Crippen molar-refractivity contribution in [1.82, 2.24) is 15.0 Å². The minimum Gasteiger partial charge on any atom is -0.549 e. The first kappa shape index (κ1) is 24.4. The van der Waals surface area contributed by atoms with Gasteiger partial charge in [-0.25, -0.2) is 15.0 Å². The third kappa shape index (κ3) is 5.57. The smallest absolute Gasteiger partial charge is 0.549 e. The number of hydrogen-bond acceptors (Lipinski definition) is 8. The number of rotatable bonds is 7. The zero-order valence-corrected chi connectivity index (χ0v) is 21.3. The molecule has 0 saturated carbocycles. The molecule has 4 rings (SSSR count). The van der Waals surface area contributed by atoms with Gasteiger partial charge in [-0.2, -0.15) is 0 Å². The third-order valence-corrected chi connectivity index (χ3v) is 5.83. The molecule has 32 heavy (non-hydrogen) atoms. The Morgan fingerprint density at radius 2 is 1.91 bits per heavy atom. The quantitative estimate of drug-likeness (QED) is 0.401. The Morgan fingerprint density at radius 3 is 2.56 bits per heavy atom. The minimum absolute atomic E-state index is 0. The van der Waals surface area contributed by atoms with Crippen molar-refractivity contribution in [1.29, 1.82) is 0 Å². The SMILES string of the molecule is CC(C)(COc1ncc(-c2ccc(Nc3nc4ccccc4s3)cc2Cl)cn1)C(=O)[O-].[Na+]. The van der Waals surface area contributed by atoms with Crippen LogP contribution in [0.15, 0.2) is 54.9 Å². The number of carbonyl (C=O) groups excluding carboxylic acids is 1. The largest absolute Gasteiger partial charge is 1.00 e. The number of benzene rings is 2. The average Bonchev–Trinajstić information content (AvgIpc) is 3.15. The second kappa shape index (κ2) is 10.1. The molecular formula is C22H18ClN4NaO3S. The summed E-state index contributed by atoms with van der Waals surface area (Å²) >= 11 is 8.06. The summed E-state index contributed by atoms with van der Waals surface area (Å²) in [5.41, 5.74) is 2.09. The number of carbonyl (C=O) groups is 1. The number of fused-ring (bicyclic) bond motifs is 1. The van der Waals surface area contributed by atoms with Crippen LogP contribution in [-0.4, -0.2) is 27.5 Å². The summed E-state index contributed by atoms with van der Waals surface area (Å²) in [6, 6.07) is 13.6. The first-order valence-electron chi connectivity index (χ1n) is 9.41. The Balaban J connectivity index is 0.00000289. The summed E-state index contributed by atoms with van der Waals surface area (Å²) in [4.78, 5) is 23.9. The Kier molecular flexibility index (Phi) is 7.74. The van der Waals surface area contributed by atoms with Gasteiger partial charge in [0, 0.05) is 34.6 Å². The van der Waals surface area contributed by atoms with Gasteiger partial charge in [-0.05, 0) is 24.3 Å². The van der Waals surface area contributed by atoms with E-state index in [1.54, 1.807) is 23.7 Å². The van der Waals surface area contributed by atoms with E-state index in [9.17, 15) is 9.90 Å². The molecule has 4 aromatic rings. The molecule has 10 heteroatoms. The molecule has 7 nitrogen and oxygen atoms in total. The van der Waals surface area contributed by atoms with Crippen LogP contribution in [0, 0.1) is 5.41 Å². The van der Waals surface area contributed by atoms with Crippen LogP contribution in [0.1, 0.15) is 13.8 Å². The summed E-state index contributed by atoms with van der Waals surface area (Å²) in [7, 11) is 0. The van der Waals surface area contributed by atoms with Gasteiger partial charge < -0.3 is 20.0 Å². The molecule has 158 valence electrons. The maximum absolute atomic E-state index is 11.1. The second-order valence-corrected chi connectivity index (χ2v) is 8.96. The predicted octanol–water partition coefficient (Wildman–Crippen LogP) is 1.31. The molecule has 0 radical (unpaired) electrons. The molecule has 0 atom stereocenters. The van der Waals surface area contributed by atoms with Crippen molar-refractivity contribution < 1.29 is 44.2 Å². The van der Waals surface area contributed by atoms with Gasteiger partial charge in [0.25, 0.3) is 0 Å². The molecular weight excluding hydrogens is 459 g/mol. The standard InChI is InChI=1S/C22H19ClN4O3S.Na/c1-22(2,19(28)29)12-30-20-24-10-13(11-25-20)15-8-7-14(9-16(15)23)26-21-27-17-5-3-4-6-18(17)31-21;/h3-11H,12H2,1-2H3,(H,26,27)(H,28,29);/q;+1/p-1. The molecule has 2 aromatic carbocycles. The van der Waals surface area contributed by atoms with Crippen molar-refractivity contribution in [3.63, 3.8) is 0 Å². The first-order chi connectivity index (χ1) is 14.8. The number of ether oxygens (including phenoxy) is 1. The fraction of sp³-hybridized carbons (Fsp3) is 0.182. The van der Waals surface area contributed by atoms with Gasteiger partial charge in [0.15, 0.2) is 5.13 Å². The number of nitrogens with one attached hydrogen (secondary N) is 1. The number of hydrogen-bond donors (Lipinski definition) is 1. The van der Waals surface area contributed by atoms with Gasteiger partial charge >= 0.3 is 35.6 Å². The van der Waals surface area contributed by atoms with E-state index in [4.69, 9.17) is 16.3 Å². The Labute approximate surface area is 216 Å². The van der Waals surface area contributed by atoms with Crippen molar-refractivity contribution in [3.05, 3.63) is 59.9 Å². The van der Waals surface area contributed by atoms with Crippen molar-refractivity contribution in [2.75, 3.05) is 11.9 Å². The van der Waals surface area contributed by atoms with Gasteiger partial charge in [-0.1, -0.05) is 55.0 Å². The van der Waals surface area contributed by atoms with Gasteiger partial charge in [0.2, 0.25) is 0 Å². The van der Waals surface area contributed by atoms with Crippen LogP contribution in [0.2, 0.25) is 5.02 Å². The van der Waals surface area contributed by atoms with Crippen LogP contribution in [0.25, 0.3) is 21.3 Å². The number of aromatic nitrogens is 3. The number of thiazole rings is 1. The van der Waals surface area contributed by atoms with Crippen LogP contribution < -0.4 is 44.7 Å². The fourth-order valence-electron chi connectivity index (χ4n) is 2.71. The Morgan fingerprint density at radius 1 is 1.19 bits per heavy atom. The van der Waals surface area contributed by atoms with Crippen LogP contribution in [0.4, 0.5) is 10.8 Å². The van der Waals surface area contributed by atoms with E-state index >= 15 is 0 Å². The van der Waals surface area contributed by atoms with Crippen molar-refractivity contribution in [3.8, 4) is 17.1 Å². The Hall–Kier alpha value is -2.23. The molecule has 2 heterocycles. The van der Waals surface area contributed by atoms with Gasteiger partial charge in [-0.15, -0.1) is 0 Å². The van der Waals surface area contributed by atoms with E-state index < -0.39 is 11.4 Å². The molecule has 2 aromatic heterocycles. The zero-order chi connectivity index (χ0) is 22.0. The van der Waals surface area contributed by atoms with E-state index in [2.05, 4.69) is 20.3 Å². The first-order valence-corrected chi connectivity index (χ1v) is 10.6. The van der Waals surface area contributed by atoms with Crippen LogP contribution in [0.3, 0.4) is 0 Å². The molecule has 0 aliphatic rings. The topological polar surface area (TPSA) is 100 Å². The number of carboxylic acid groups (broad SMARTS) is 1. The predicted molar refractivity (Wildman–Crippen MR) is 120 cm³/mol. The number of para-hydroxylation sites is 1. The van der Waals surface area contributed by atoms with E-state index in [1.165, 1.54) is 13.8 Å². The molecule has 0 spiro atoms. The monoisotopic (exact) mass is 476 g/mol. The summed E-state index contributed by atoms with van der Waals surface area (Å²) in [5.74, 6) is -1.20. The minimum atomic E-state index is -1.20. The van der Waals surface area contributed by atoms with Crippen molar-refractivity contribution in [2.45, 2.75) is 13.8 Å².